The van der Waals surface area contributed by atoms with Gasteiger partial charge in [-0.2, -0.15) is 0 Å². The highest BCUT2D eigenvalue weighted by atomic mass is 32.1. The average molecular weight is 313 g/mol. The molecule has 2 rings (SSSR count). The van der Waals surface area contributed by atoms with Crippen molar-refractivity contribution < 1.29 is 4.79 Å². The SMILES string of the molecule is CC(=O)Nc1ccc(NC(=S)NCCc2ccccc2)cc1. The molecule has 2 aromatic carbocycles. The molecule has 0 aliphatic carbocycles. The van der Waals surface area contributed by atoms with Gasteiger partial charge in [-0.25, -0.2) is 0 Å². The zero-order valence-corrected chi connectivity index (χ0v) is 13.2. The van der Waals surface area contributed by atoms with Gasteiger partial charge in [0, 0.05) is 24.8 Å². The van der Waals surface area contributed by atoms with Gasteiger partial charge in [0.15, 0.2) is 5.11 Å². The number of rotatable bonds is 5. The molecule has 0 atom stereocenters. The zero-order chi connectivity index (χ0) is 15.8. The van der Waals surface area contributed by atoms with E-state index in [-0.39, 0.29) is 5.91 Å². The maximum Gasteiger partial charge on any atom is 0.221 e. The Labute approximate surface area is 135 Å². The van der Waals surface area contributed by atoms with Crippen molar-refractivity contribution in [3.05, 3.63) is 60.2 Å². The molecule has 0 bridgehead atoms. The summed E-state index contributed by atoms with van der Waals surface area (Å²) in [6.07, 6.45) is 0.921. The van der Waals surface area contributed by atoms with Gasteiger partial charge in [0.1, 0.15) is 0 Å². The van der Waals surface area contributed by atoms with Gasteiger partial charge >= 0.3 is 0 Å². The number of anilines is 2. The van der Waals surface area contributed by atoms with E-state index in [9.17, 15) is 4.79 Å². The van der Waals surface area contributed by atoms with E-state index in [0.29, 0.717) is 5.11 Å². The molecule has 0 unspecified atom stereocenters. The lowest BCUT2D eigenvalue weighted by molar-refractivity contribution is -0.114. The summed E-state index contributed by atoms with van der Waals surface area (Å²) < 4.78 is 0. The van der Waals surface area contributed by atoms with E-state index in [4.69, 9.17) is 12.2 Å². The van der Waals surface area contributed by atoms with Crippen LogP contribution in [0.25, 0.3) is 0 Å². The van der Waals surface area contributed by atoms with Crippen molar-refractivity contribution in [3.8, 4) is 0 Å². The lowest BCUT2D eigenvalue weighted by Crippen LogP contribution is -2.30. The van der Waals surface area contributed by atoms with E-state index >= 15 is 0 Å². The largest absolute Gasteiger partial charge is 0.362 e. The van der Waals surface area contributed by atoms with Crippen LogP contribution in [0.5, 0.6) is 0 Å². The Morgan fingerprint density at radius 2 is 1.55 bits per heavy atom. The highest BCUT2D eigenvalue weighted by Crippen LogP contribution is 2.13. The molecule has 0 aromatic heterocycles. The molecule has 2 aromatic rings. The minimum atomic E-state index is -0.0844. The van der Waals surface area contributed by atoms with Gasteiger partial charge in [-0.3, -0.25) is 4.79 Å². The van der Waals surface area contributed by atoms with E-state index in [1.165, 1.54) is 12.5 Å². The van der Waals surface area contributed by atoms with Crippen LogP contribution in [-0.4, -0.2) is 17.6 Å². The van der Waals surface area contributed by atoms with Gasteiger partial charge in [0.25, 0.3) is 0 Å². The highest BCUT2D eigenvalue weighted by Gasteiger charge is 1.99. The normalized spacial score (nSPS) is 9.86. The third-order valence-electron chi connectivity index (χ3n) is 3.01. The smallest absolute Gasteiger partial charge is 0.221 e. The molecule has 0 saturated heterocycles. The Hall–Kier alpha value is -2.40. The maximum absolute atomic E-state index is 11.0. The fourth-order valence-corrected chi connectivity index (χ4v) is 2.20. The number of hydrogen-bond donors (Lipinski definition) is 3. The third kappa shape index (κ3) is 5.54. The molecule has 1 amide bonds. The van der Waals surface area contributed by atoms with Crippen molar-refractivity contribution >= 4 is 34.6 Å². The first-order chi connectivity index (χ1) is 10.6. The predicted molar refractivity (Wildman–Crippen MR) is 95.1 cm³/mol. The minimum absolute atomic E-state index is 0.0844. The molecule has 0 aliphatic heterocycles. The molecule has 114 valence electrons. The molecular weight excluding hydrogens is 294 g/mol. The van der Waals surface area contributed by atoms with Crippen molar-refractivity contribution in [2.45, 2.75) is 13.3 Å². The second-order valence-electron chi connectivity index (χ2n) is 4.88. The molecule has 5 heteroatoms. The summed E-state index contributed by atoms with van der Waals surface area (Å²) in [6.45, 7) is 2.26. The summed E-state index contributed by atoms with van der Waals surface area (Å²) in [5.74, 6) is -0.0844. The molecule has 0 spiro atoms. The summed E-state index contributed by atoms with van der Waals surface area (Å²) in [5.41, 5.74) is 2.92. The van der Waals surface area contributed by atoms with Crippen molar-refractivity contribution in [1.82, 2.24) is 5.32 Å². The molecule has 0 radical (unpaired) electrons. The monoisotopic (exact) mass is 313 g/mol. The lowest BCUT2D eigenvalue weighted by Gasteiger charge is -2.11. The maximum atomic E-state index is 11.0. The topological polar surface area (TPSA) is 53.2 Å². The summed E-state index contributed by atoms with van der Waals surface area (Å²) in [4.78, 5) is 11.0. The molecule has 0 heterocycles. The fourth-order valence-electron chi connectivity index (χ4n) is 1.98. The number of amides is 1. The lowest BCUT2D eigenvalue weighted by atomic mass is 10.1. The van der Waals surface area contributed by atoms with E-state index in [1.54, 1.807) is 0 Å². The van der Waals surface area contributed by atoms with Gasteiger partial charge in [-0.1, -0.05) is 30.3 Å². The van der Waals surface area contributed by atoms with Crippen LogP contribution in [0.15, 0.2) is 54.6 Å². The van der Waals surface area contributed by atoms with Crippen molar-refractivity contribution in [3.63, 3.8) is 0 Å². The third-order valence-corrected chi connectivity index (χ3v) is 3.25. The van der Waals surface area contributed by atoms with E-state index in [2.05, 4.69) is 28.1 Å². The van der Waals surface area contributed by atoms with E-state index < -0.39 is 0 Å². The summed E-state index contributed by atoms with van der Waals surface area (Å²) >= 11 is 5.26. The van der Waals surface area contributed by atoms with Crippen LogP contribution in [0.1, 0.15) is 12.5 Å². The van der Waals surface area contributed by atoms with Crippen LogP contribution < -0.4 is 16.0 Å². The molecule has 4 nitrogen and oxygen atoms in total. The summed E-state index contributed by atoms with van der Waals surface area (Å²) in [5, 5.41) is 9.60. The quantitative estimate of drug-likeness (QED) is 0.742. The number of nitrogens with one attached hydrogen (secondary N) is 3. The summed E-state index contributed by atoms with van der Waals surface area (Å²) in [7, 11) is 0. The number of thiocarbonyl (C=S) groups is 1. The molecular formula is C17H19N3OS. The average Bonchev–Trinajstić information content (AvgIpc) is 2.50. The molecule has 0 fully saturated rings. The molecule has 0 saturated carbocycles. The van der Waals surface area contributed by atoms with Crippen LogP contribution in [0.4, 0.5) is 11.4 Å². The van der Waals surface area contributed by atoms with Crippen LogP contribution >= 0.6 is 12.2 Å². The van der Waals surface area contributed by atoms with Crippen molar-refractivity contribution in [1.29, 1.82) is 0 Å². The Bertz CT molecular complexity index is 626. The number of benzene rings is 2. The first kappa shape index (κ1) is 16.0. The molecule has 3 N–H and O–H groups in total. The molecule has 0 aliphatic rings. The van der Waals surface area contributed by atoms with Gasteiger partial charge in [0.2, 0.25) is 5.91 Å². The standard InChI is InChI=1S/C17H19N3OS/c1-13(21)19-15-7-9-16(10-8-15)20-17(22)18-12-11-14-5-3-2-4-6-14/h2-10H,11-12H2,1H3,(H,19,21)(H2,18,20,22). The number of carbonyl (C=O) groups is 1. The van der Waals surface area contributed by atoms with E-state index in [1.807, 2.05) is 42.5 Å². The van der Waals surface area contributed by atoms with Crippen LogP contribution in [0.3, 0.4) is 0 Å². The Morgan fingerprint density at radius 3 is 2.14 bits per heavy atom. The van der Waals surface area contributed by atoms with Crippen molar-refractivity contribution in [2.24, 2.45) is 0 Å². The zero-order valence-electron chi connectivity index (χ0n) is 12.4. The van der Waals surface area contributed by atoms with Crippen LogP contribution in [-0.2, 0) is 11.2 Å². The first-order valence-corrected chi connectivity index (χ1v) is 7.51. The Kier molecular flexibility index (Phi) is 5.91. The predicted octanol–water partition coefficient (Wildman–Crippen LogP) is 3.17. The number of hydrogen-bond acceptors (Lipinski definition) is 2. The summed E-state index contributed by atoms with van der Waals surface area (Å²) in [6, 6.07) is 17.7. The van der Waals surface area contributed by atoms with Gasteiger partial charge < -0.3 is 16.0 Å². The number of carbonyl (C=O) groups excluding carboxylic acids is 1. The van der Waals surface area contributed by atoms with Gasteiger partial charge in [-0.05, 0) is 48.5 Å². The first-order valence-electron chi connectivity index (χ1n) is 7.10. The highest BCUT2D eigenvalue weighted by molar-refractivity contribution is 7.80. The molecule has 22 heavy (non-hydrogen) atoms. The van der Waals surface area contributed by atoms with Crippen LogP contribution in [0, 0.1) is 0 Å². The van der Waals surface area contributed by atoms with Crippen molar-refractivity contribution in [2.75, 3.05) is 17.2 Å². The fraction of sp³-hybridized carbons (Fsp3) is 0.176. The van der Waals surface area contributed by atoms with Crippen LogP contribution in [0.2, 0.25) is 0 Å². The van der Waals surface area contributed by atoms with E-state index in [0.717, 1.165) is 24.3 Å². The second-order valence-corrected chi connectivity index (χ2v) is 5.28. The van der Waals surface area contributed by atoms with Gasteiger partial charge in [0.05, 0.1) is 0 Å². The second kappa shape index (κ2) is 8.14. The Balaban J connectivity index is 1.75. The minimum Gasteiger partial charge on any atom is -0.362 e. The van der Waals surface area contributed by atoms with Gasteiger partial charge in [-0.15, -0.1) is 0 Å². The Morgan fingerprint density at radius 1 is 0.955 bits per heavy atom.